The van der Waals surface area contributed by atoms with E-state index in [2.05, 4.69) is 0 Å². The summed E-state index contributed by atoms with van der Waals surface area (Å²) in [4.78, 5) is 0. The van der Waals surface area contributed by atoms with Gasteiger partial charge < -0.3 is 10.1 Å². The van der Waals surface area contributed by atoms with Crippen molar-refractivity contribution >= 4 is 24.5 Å². The van der Waals surface area contributed by atoms with Crippen LogP contribution in [0.5, 0.6) is 0 Å². The molecule has 4 heteroatoms. The molecule has 0 fully saturated rings. The highest BCUT2D eigenvalue weighted by Gasteiger charge is 2.00. The van der Waals surface area contributed by atoms with Gasteiger partial charge in [-0.05, 0) is 17.1 Å². The number of halogens is 1. The number of aliphatic hydroxyl groups is 1. The topological polar surface area (TPSA) is 40.5 Å². The smallest absolute Gasteiger partial charge is 0.328 e. The minimum Gasteiger partial charge on any atom is -0.450 e. The molecule has 1 aromatic rings. The average molecular weight is 169 g/mol. The van der Waals surface area contributed by atoms with Crippen molar-refractivity contribution in [2.45, 2.75) is 6.61 Å². The van der Waals surface area contributed by atoms with Gasteiger partial charge in [0, 0.05) is 5.02 Å². The molecule has 0 aromatic heterocycles. The molecule has 57 valence electrons. The van der Waals surface area contributed by atoms with Crippen molar-refractivity contribution in [3.8, 4) is 0 Å². The summed E-state index contributed by atoms with van der Waals surface area (Å²) < 4.78 is 0. The van der Waals surface area contributed by atoms with Gasteiger partial charge in [-0.1, -0.05) is 23.7 Å². The third-order valence-corrected chi connectivity index (χ3v) is 1.73. The fourth-order valence-corrected chi connectivity index (χ4v) is 0.957. The van der Waals surface area contributed by atoms with E-state index in [4.69, 9.17) is 21.7 Å². The lowest BCUT2D eigenvalue weighted by atomic mass is 9.87. The summed E-state index contributed by atoms with van der Waals surface area (Å²) in [5.74, 6) is 0. The number of aliphatic hydroxyl groups excluding tert-OH is 1. The monoisotopic (exact) mass is 169 g/mol. The zero-order valence-corrected chi connectivity index (χ0v) is 6.54. The Hall–Kier alpha value is -0.505. The first-order valence-electron chi connectivity index (χ1n) is 3.14. The van der Waals surface area contributed by atoms with E-state index in [1.54, 1.807) is 18.2 Å². The van der Waals surface area contributed by atoms with Crippen molar-refractivity contribution in [1.82, 2.24) is 0 Å². The Kier molecular flexibility index (Phi) is 2.94. The van der Waals surface area contributed by atoms with Crippen molar-refractivity contribution in [1.29, 1.82) is 0 Å². The Bertz CT molecular complexity index is 252. The molecule has 2 N–H and O–H groups in total. The minimum atomic E-state index is -0.0436. The second kappa shape index (κ2) is 3.76. The first kappa shape index (κ1) is 8.59. The van der Waals surface area contributed by atoms with Gasteiger partial charge in [0.25, 0.3) is 0 Å². The van der Waals surface area contributed by atoms with E-state index >= 15 is 0 Å². The quantitative estimate of drug-likeness (QED) is 0.615. The summed E-state index contributed by atoms with van der Waals surface area (Å²) in [6, 6.07) is 4.97. The maximum atomic E-state index is 8.71. The standard InChI is InChI=1S/C7H7BClO2/c9-7-2-1-5(4-10)3-6(7)8-11/h1-3,10-11H,4H2. The molecule has 0 bridgehead atoms. The maximum absolute atomic E-state index is 8.71. The van der Waals surface area contributed by atoms with E-state index in [1.165, 1.54) is 0 Å². The number of hydrogen-bond donors (Lipinski definition) is 2. The lowest BCUT2D eigenvalue weighted by Gasteiger charge is -2.00. The van der Waals surface area contributed by atoms with Crippen LogP contribution in [0.15, 0.2) is 18.2 Å². The number of rotatable bonds is 2. The molecule has 0 aliphatic rings. The van der Waals surface area contributed by atoms with E-state index in [0.29, 0.717) is 10.5 Å². The molecule has 0 saturated carbocycles. The third-order valence-electron chi connectivity index (χ3n) is 1.38. The Balaban J connectivity index is 3.02. The van der Waals surface area contributed by atoms with Crippen LogP contribution in [0.25, 0.3) is 0 Å². The van der Waals surface area contributed by atoms with Gasteiger partial charge in [-0.25, -0.2) is 0 Å². The predicted molar refractivity (Wildman–Crippen MR) is 45.0 cm³/mol. The third kappa shape index (κ3) is 1.96. The van der Waals surface area contributed by atoms with Gasteiger partial charge >= 0.3 is 7.48 Å². The van der Waals surface area contributed by atoms with Crippen LogP contribution in [0.4, 0.5) is 0 Å². The summed E-state index contributed by atoms with van der Waals surface area (Å²) in [7, 11) is 0.918. The van der Waals surface area contributed by atoms with Crippen LogP contribution in [0.1, 0.15) is 5.56 Å². The molecule has 0 saturated heterocycles. The second-order valence-corrected chi connectivity index (χ2v) is 2.55. The molecule has 0 unspecified atom stereocenters. The highest BCUT2D eigenvalue weighted by molar-refractivity contribution is 6.52. The summed E-state index contributed by atoms with van der Waals surface area (Å²) in [5.41, 5.74) is 1.26. The molecular weight excluding hydrogens is 162 g/mol. The van der Waals surface area contributed by atoms with Crippen molar-refractivity contribution < 1.29 is 10.1 Å². The van der Waals surface area contributed by atoms with Gasteiger partial charge in [0.2, 0.25) is 0 Å². The van der Waals surface area contributed by atoms with Crippen LogP contribution in [0.2, 0.25) is 5.02 Å². The highest BCUT2D eigenvalue weighted by atomic mass is 35.5. The largest absolute Gasteiger partial charge is 0.450 e. The molecular formula is C7H7BClO2. The molecule has 0 heterocycles. The fraction of sp³-hybridized carbons (Fsp3) is 0.143. The molecule has 1 rings (SSSR count). The molecule has 1 aromatic carbocycles. The van der Waals surface area contributed by atoms with Gasteiger partial charge in [0.1, 0.15) is 0 Å². The van der Waals surface area contributed by atoms with Gasteiger partial charge in [0.15, 0.2) is 0 Å². The predicted octanol–water partition coefficient (Wildman–Crippen LogP) is 0.0691. The van der Waals surface area contributed by atoms with Crippen molar-refractivity contribution in [3.63, 3.8) is 0 Å². The molecule has 11 heavy (non-hydrogen) atoms. The normalized spacial score (nSPS) is 9.73. The summed E-state index contributed by atoms with van der Waals surface area (Å²) in [6.07, 6.45) is 0. The molecule has 0 amide bonds. The molecule has 0 aliphatic heterocycles. The lowest BCUT2D eigenvalue weighted by molar-refractivity contribution is 0.282. The van der Waals surface area contributed by atoms with Crippen LogP contribution in [0.3, 0.4) is 0 Å². The van der Waals surface area contributed by atoms with E-state index < -0.39 is 0 Å². The minimum absolute atomic E-state index is 0.0436. The van der Waals surface area contributed by atoms with Crippen LogP contribution in [-0.2, 0) is 6.61 Å². The van der Waals surface area contributed by atoms with Crippen LogP contribution < -0.4 is 5.46 Å². The summed E-state index contributed by atoms with van der Waals surface area (Å²) >= 11 is 5.68. The first-order chi connectivity index (χ1) is 5.27. The van der Waals surface area contributed by atoms with E-state index in [-0.39, 0.29) is 6.61 Å². The van der Waals surface area contributed by atoms with Crippen molar-refractivity contribution in [3.05, 3.63) is 28.8 Å². The van der Waals surface area contributed by atoms with Crippen LogP contribution in [0, 0.1) is 0 Å². The van der Waals surface area contributed by atoms with E-state index in [9.17, 15) is 0 Å². The zero-order chi connectivity index (χ0) is 8.27. The molecule has 1 radical (unpaired) electrons. The molecule has 0 aliphatic carbocycles. The maximum Gasteiger partial charge on any atom is 0.328 e. The van der Waals surface area contributed by atoms with E-state index in [0.717, 1.165) is 13.0 Å². The molecule has 0 spiro atoms. The average Bonchev–Trinajstić information content (AvgIpc) is 2.05. The van der Waals surface area contributed by atoms with Crippen molar-refractivity contribution in [2.75, 3.05) is 0 Å². The van der Waals surface area contributed by atoms with Gasteiger partial charge in [0.05, 0.1) is 6.61 Å². The number of hydrogen-bond acceptors (Lipinski definition) is 2. The lowest BCUT2D eigenvalue weighted by Crippen LogP contribution is -2.15. The Morgan fingerprint density at radius 2 is 2.18 bits per heavy atom. The zero-order valence-electron chi connectivity index (χ0n) is 5.79. The van der Waals surface area contributed by atoms with Gasteiger partial charge in [-0.2, -0.15) is 0 Å². The van der Waals surface area contributed by atoms with Crippen LogP contribution >= 0.6 is 11.6 Å². The first-order valence-corrected chi connectivity index (χ1v) is 3.52. The Morgan fingerprint density at radius 1 is 1.45 bits per heavy atom. The second-order valence-electron chi connectivity index (χ2n) is 2.14. The Morgan fingerprint density at radius 3 is 2.73 bits per heavy atom. The highest BCUT2D eigenvalue weighted by Crippen LogP contribution is 2.06. The number of benzene rings is 1. The SMILES string of the molecule is O[B]c1cc(CO)ccc1Cl. The van der Waals surface area contributed by atoms with Gasteiger partial charge in [-0.3, -0.25) is 0 Å². The summed E-state index contributed by atoms with van der Waals surface area (Å²) in [6.45, 7) is -0.0436. The molecule has 2 nitrogen and oxygen atoms in total. The summed E-state index contributed by atoms with van der Waals surface area (Å²) in [5, 5.41) is 17.8. The Labute approximate surface area is 70.7 Å². The molecule has 0 atom stereocenters. The van der Waals surface area contributed by atoms with Gasteiger partial charge in [-0.15, -0.1) is 0 Å². The van der Waals surface area contributed by atoms with Crippen LogP contribution in [-0.4, -0.2) is 17.6 Å². The van der Waals surface area contributed by atoms with Crippen molar-refractivity contribution in [2.24, 2.45) is 0 Å². The van der Waals surface area contributed by atoms with E-state index in [1.807, 2.05) is 0 Å². The fourth-order valence-electron chi connectivity index (χ4n) is 0.791.